The number of hydrogen-bond donors (Lipinski definition) is 2. The molecule has 0 saturated carbocycles. The van der Waals surface area contributed by atoms with E-state index >= 15 is 0 Å². The van der Waals surface area contributed by atoms with Crippen LogP contribution in [0, 0.1) is 0 Å². The minimum atomic E-state index is 0.112. The second-order valence-corrected chi connectivity index (χ2v) is 5.22. The molecule has 0 amide bonds. The van der Waals surface area contributed by atoms with Gasteiger partial charge < -0.3 is 20.5 Å². The average Bonchev–Trinajstić information content (AvgIpc) is 2.39. The van der Waals surface area contributed by atoms with E-state index < -0.39 is 0 Å². The predicted octanol–water partition coefficient (Wildman–Crippen LogP) is 1.72. The molecule has 1 aromatic rings. The van der Waals surface area contributed by atoms with Gasteiger partial charge in [-0.25, -0.2) is 0 Å². The zero-order valence-corrected chi connectivity index (χ0v) is 11.8. The number of para-hydroxylation sites is 1. The molecule has 0 radical (unpaired) electrons. The third kappa shape index (κ3) is 3.85. The van der Waals surface area contributed by atoms with Gasteiger partial charge in [0.1, 0.15) is 6.10 Å². The van der Waals surface area contributed by atoms with Crippen molar-refractivity contribution >= 4 is 0 Å². The standard InChI is InChI=1S/C15H24N2O2/c1-11(16)9-12-5-3-7-14(15(12)18-2)19-13-6-4-8-17-10-13/h3,5,7,11,13,17H,4,6,8-10,16H2,1-2H3. The van der Waals surface area contributed by atoms with Gasteiger partial charge in [0.25, 0.3) is 0 Å². The molecule has 0 aromatic heterocycles. The van der Waals surface area contributed by atoms with Crippen LogP contribution in [0.1, 0.15) is 25.3 Å². The highest BCUT2D eigenvalue weighted by Crippen LogP contribution is 2.33. The highest BCUT2D eigenvalue weighted by Gasteiger charge is 2.18. The van der Waals surface area contributed by atoms with Crippen molar-refractivity contribution < 1.29 is 9.47 Å². The predicted molar refractivity (Wildman–Crippen MR) is 76.9 cm³/mol. The van der Waals surface area contributed by atoms with E-state index in [1.165, 1.54) is 0 Å². The number of hydrogen-bond acceptors (Lipinski definition) is 4. The molecule has 1 aliphatic heterocycles. The van der Waals surface area contributed by atoms with Crippen molar-refractivity contribution in [3.8, 4) is 11.5 Å². The van der Waals surface area contributed by atoms with Gasteiger partial charge in [-0.15, -0.1) is 0 Å². The molecular formula is C15H24N2O2. The summed E-state index contributed by atoms with van der Waals surface area (Å²) in [4.78, 5) is 0. The van der Waals surface area contributed by atoms with Gasteiger partial charge in [0.2, 0.25) is 0 Å². The highest BCUT2D eigenvalue weighted by molar-refractivity contribution is 5.47. The summed E-state index contributed by atoms with van der Waals surface area (Å²) in [6, 6.07) is 6.14. The average molecular weight is 264 g/mol. The Morgan fingerprint density at radius 2 is 2.32 bits per heavy atom. The highest BCUT2D eigenvalue weighted by atomic mass is 16.5. The third-order valence-electron chi connectivity index (χ3n) is 3.35. The van der Waals surface area contributed by atoms with Crippen molar-refractivity contribution in [3.63, 3.8) is 0 Å². The molecule has 2 unspecified atom stereocenters. The van der Waals surface area contributed by atoms with Crippen LogP contribution in [-0.2, 0) is 6.42 Å². The van der Waals surface area contributed by atoms with E-state index in [2.05, 4.69) is 5.32 Å². The van der Waals surface area contributed by atoms with Crippen molar-refractivity contribution in [1.82, 2.24) is 5.32 Å². The zero-order chi connectivity index (χ0) is 13.7. The summed E-state index contributed by atoms with van der Waals surface area (Å²) >= 11 is 0. The first-order chi connectivity index (χ1) is 9.20. The number of nitrogens with one attached hydrogen (secondary N) is 1. The lowest BCUT2D eigenvalue weighted by Crippen LogP contribution is -2.37. The molecule has 3 N–H and O–H groups in total. The molecule has 0 bridgehead atoms. The molecule has 1 fully saturated rings. The fraction of sp³-hybridized carbons (Fsp3) is 0.600. The number of methoxy groups -OCH3 is 1. The molecule has 2 atom stereocenters. The Hall–Kier alpha value is -1.26. The van der Waals surface area contributed by atoms with Crippen LogP contribution >= 0.6 is 0 Å². The van der Waals surface area contributed by atoms with Crippen LogP contribution in [0.3, 0.4) is 0 Å². The molecule has 1 aliphatic rings. The minimum absolute atomic E-state index is 0.112. The Kier molecular flexibility index (Phi) is 5.05. The van der Waals surface area contributed by atoms with Gasteiger partial charge in [-0.1, -0.05) is 12.1 Å². The Balaban J connectivity index is 2.14. The van der Waals surface area contributed by atoms with Crippen molar-refractivity contribution in [1.29, 1.82) is 0 Å². The summed E-state index contributed by atoms with van der Waals surface area (Å²) in [6.07, 6.45) is 3.27. The maximum absolute atomic E-state index is 6.07. The maximum atomic E-state index is 6.07. The first-order valence-corrected chi connectivity index (χ1v) is 6.99. The van der Waals surface area contributed by atoms with Crippen LogP contribution in [0.25, 0.3) is 0 Å². The van der Waals surface area contributed by atoms with Crippen LogP contribution in [-0.4, -0.2) is 32.3 Å². The van der Waals surface area contributed by atoms with Crippen molar-refractivity contribution in [2.24, 2.45) is 5.73 Å². The van der Waals surface area contributed by atoms with Gasteiger partial charge in [0.05, 0.1) is 7.11 Å². The summed E-state index contributed by atoms with van der Waals surface area (Å²) in [5.41, 5.74) is 6.99. The summed E-state index contributed by atoms with van der Waals surface area (Å²) in [5, 5.41) is 3.35. The molecule has 4 heteroatoms. The SMILES string of the molecule is COc1c(CC(C)N)cccc1OC1CCCNC1. The largest absolute Gasteiger partial charge is 0.493 e. The normalized spacial score (nSPS) is 20.9. The molecule has 0 aliphatic carbocycles. The molecule has 2 rings (SSSR count). The zero-order valence-electron chi connectivity index (χ0n) is 11.8. The van der Waals surface area contributed by atoms with Crippen LogP contribution in [0.4, 0.5) is 0 Å². The second kappa shape index (κ2) is 6.78. The number of piperidine rings is 1. The Morgan fingerprint density at radius 3 is 2.95 bits per heavy atom. The Morgan fingerprint density at radius 1 is 1.47 bits per heavy atom. The minimum Gasteiger partial charge on any atom is -0.493 e. The fourth-order valence-electron chi connectivity index (χ4n) is 2.49. The number of ether oxygens (including phenoxy) is 2. The van der Waals surface area contributed by atoms with Crippen molar-refractivity contribution in [2.75, 3.05) is 20.2 Å². The van der Waals surface area contributed by atoms with Crippen molar-refractivity contribution in [3.05, 3.63) is 23.8 Å². The van der Waals surface area contributed by atoms with Gasteiger partial charge in [-0.2, -0.15) is 0 Å². The van der Waals surface area contributed by atoms with Crippen LogP contribution in [0.5, 0.6) is 11.5 Å². The van der Waals surface area contributed by atoms with Gasteiger partial charge >= 0.3 is 0 Å². The van der Waals surface area contributed by atoms with Crippen molar-refractivity contribution in [2.45, 2.75) is 38.3 Å². The van der Waals surface area contributed by atoms with E-state index in [1.54, 1.807) is 7.11 Å². The summed E-state index contributed by atoms with van der Waals surface area (Å²) in [6.45, 7) is 3.99. The fourth-order valence-corrected chi connectivity index (χ4v) is 2.49. The van der Waals surface area contributed by atoms with E-state index in [0.717, 1.165) is 49.4 Å². The molecule has 106 valence electrons. The first-order valence-electron chi connectivity index (χ1n) is 6.99. The lowest BCUT2D eigenvalue weighted by molar-refractivity contribution is 0.161. The molecule has 1 heterocycles. The topological polar surface area (TPSA) is 56.5 Å². The van der Waals surface area contributed by atoms with Crippen LogP contribution < -0.4 is 20.5 Å². The van der Waals surface area contributed by atoms with Gasteiger partial charge in [-0.3, -0.25) is 0 Å². The van der Waals surface area contributed by atoms with Gasteiger partial charge in [-0.05, 0) is 44.4 Å². The summed E-state index contributed by atoms with van der Waals surface area (Å²) in [5.74, 6) is 1.65. The smallest absolute Gasteiger partial charge is 0.163 e. The number of nitrogens with two attached hydrogens (primary N) is 1. The quantitative estimate of drug-likeness (QED) is 0.850. The number of benzene rings is 1. The van der Waals surface area contributed by atoms with E-state index in [0.29, 0.717) is 0 Å². The molecule has 1 saturated heterocycles. The number of rotatable bonds is 5. The van der Waals surface area contributed by atoms with Gasteiger partial charge in [0, 0.05) is 12.6 Å². The Labute approximate surface area is 115 Å². The third-order valence-corrected chi connectivity index (χ3v) is 3.35. The lowest BCUT2D eigenvalue weighted by Gasteiger charge is -2.25. The summed E-state index contributed by atoms with van der Waals surface area (Å²) in [7, 11) is 1.69. The molecule has 4 nitrogen and oxygen atoms in total. The van der Waals surface area contributed by atoms with E-state index in [9.17, 15) is 0 Å². The monoisotopic (exact) mass is 264 g/mol. The lowest BCUT2D eigenvalue weighted by atomic mass is 10.1. The second-order valence-electron chi connectivity index (χ2n) is 5.22. The Bertz CT molecular complexity index is 401. The van der Waals surface area contributed by atoms with Crippen LogP contribution in [0.2, 0.25) is 0 Å². The first kappa shape index (κ1) is 14.2. The maximum Gasteiger partial charge on any atom is 0.163 e. The van der Waals surface area contributed by atoms with E-state index in [-0.39, 0.29) is 12.1 Å². The van der Waals surface area contributed by atoms with Gasteiger partial charge in [0.15, 0.2) is 11.5 Å². The molecule has 1 aromatic carbocycles. The molecule has 19 heavy (non-hydrogen) atoms. The van der Waals surface area contributed by atoms with E-state index in [4.69, 9.17) is 15.2 Å². The molecule has 0 spiro atoms. The summed E-state index contributed by atoms with van der Waals surface area (Å²) < 4.78 is 11.6. The van der Waals surface area contributed by atoms with Crippen LogP contribution in [0.15, 0.2) is 18.2 Å². The van der Waals surface area contributed by atoms with E-state index in [1.807, 2.05) is 25.1 Å². The molecular weight excluding hydrogens is 240 g/mol.